The first-order chi connectivity index (χ1) is 8.24. The molecule has 0 saturated heterocycles. The van der Waals surface area contributed by atoms with E-state index in [1.54, 1.807) is 0 Å². The standard InChI is InChI=1S/C13H11Br2NO/c14-11-8-2-1-7(3-5-16)10(8)9-4-6-17-13(9)12(11)15/h7H,1-4,6H2. The number of benzene rings is 1. The maximum Gasteiger partial charge on any atom is 0.138 e. The molecular formula is C13H11Br2NO. The van der Waals surface area contributed by atoms with Crippen molar-refractivity contribution in [1.29, 1.82) is 5.26 Å². The Morgan fingerprint density at radius 1 is 1.24 bits per heavy atom. The molecule has 0 bridgehead atoms. The predicted molar refractivity (Wildman–Crippen MR) is 72.3 cm³/mol. The van der Waals surface area contributed by atoms with Crippen molar-refractivity contribution in [2.24, 2.45) is 0 Å². The maximum absolute atomic E-state index is 8.92. The van der Waals surface area contributed by atoms with Crippen LogP contribution in [-0.4, -0.2) is 6.61 Å². The average Bonchev–Trinajstić information content (AvgIpc) is 2.92. The molecule has 4 heteroatoms. The molecule has 1 aliphatic heterocycles. The van der Waals surface area contributed by atoms with Crippen molar-refractivity contribution in [2.45, 2.75) is 31.6 Å². The first kappa shape index (κ1) is 11.6. The molecule has 0 radical (unpaired) electrons. The number of nitrogens with zero attached hydrogens (tertiary/aromatic N) is 1. The van der Waals surface area contributed by atoms with Gasteiger partial charge in [0.05, 0.1) is 17.1 Å². The summed E-state index contributed by atoms with van der Waals surface area (Å²) in [6.45, 7) is 0.760. The molecule has 0 aromatic heterocycles. The summed E-state index contributed by atoms with van der Waals surface area (Å²) in [5, 5.41) is 8.92. The summed E-state index contributed by atoms with van der Waals surface area (Å²) >= 11 is 7.26. The lowest BCUT2D eigenvalue weighted by Crippen LogP contribution is -1.98. The molecule has 1 aromatic rings. The third-order valence-electron chi connectivity index (χ3n) is 3.67. The van der Waals surface area contributed by atoms with Crippen molar-refractivity contribution in [1.82, 2.24) is 0 Å². The topological polar surface area (TPSA) is 33.0 Å². The maximum atomic E-state index is 8.92. The van der Waals surface area contributed by atoms with Crippen LogP contribution in [0.2, 0.25) is 0 Å². The second-order valence-electron chi connectivity index (χ2n) is 4.52. The van der Waals surface area contributed by atoms with Crippen LogP contribution in [0.15, 0.2) is 8.95 Å². The van der Waals surface area contributed by atoms with Crippen LogP contribution in [0.5, 0.6) is 5.75 Å². The third kappa shape index (κ3) is 1.63. The Bertz CT molecular complexity index is 533. The highest BCUT2D eigenvalue weighted by Crippen LogP contribution is 2.50. The molecule has 0 N–H and O–H groups in total. The molecule has 0 saturated carbocycles. The van der Waals surface area contributed by atoms with E-state index in [4.69, 9.17) is 10.00 Å². The van der Waals surface area contributed by atoms with E-state index in [1.165, 1.54) is 16.7 Å². The highest BCUT2D eigenvalue weighted by Gasteiger charge is 2.33. The van der Waals surface area contributed by atoms with Crippen molar-refractivity contribution >= 4 is 31.9 Å². The minimum Gasteiger partial charge on any atom is -0.492 e. The number of fused-ring (bicyclic) bond motifs is 3. The van der Waals surface area contributed by atoms with E-state index >= 15 is 0 Å². The predicted octanol–water partition coefficient (Wildman–Crippen LogP) is 4.09. The summed E-state index contributed by atoms with van der Waals surface area (Å²) in [5.74, 6) is 1.38. The second kappa shape index (κ2) is 4.29. The second-order valence-corrected chi connectivity index (χ2v) is 6.11. The van der Waals surface area contributed by atoms with E-state index in [-0.39, 0.29) is 0 Å². The van der Waals surface area contributed by atoms with Crippen LogP contribution in [0.25, 0.3) is 0 Å². The molecule has 1 atom stereocenters. The Kier molecular flexibility index (Phi) is 2.92. The minimum atomic E-state index is 0.398. The quantitative estimate of drug-likeness (QED) is 0.759. The number of ether oxygens (including phenoxy) is 1. The molecule has 0 amide bonds. The van der Waals surface area contributed by atoms with Crippen molar-refractivity contribution in [3.63, 3.8) is 0 Å². The van der Waals surface area contributed by atoms with Gasteiger partial charge in [0, 0.05) is 22.9 Å². The number of nitriles is 1. The van der Waals surface area contributed by atoms with Gasteiger partial charge in [0.2, 0.25) is 0 Å². The zero-order valence-corrected chi connectivity index (χ0v) is 12.4. The van der Waals surface area contributed by atoms with Gasteiger partial charge in [-0.05, 0) is 61.7 Å². The van der Waals surface area contributed by atoms with E-state index in [2.05, 4.69) is 37.9 Å². The Balaban J connectivity index is 2.22. The Hall–Kier alpha value is -0.530. The van der Waals surface area contributed by atoms with Crippen LogP contribution in [0.1, 0.15) is 35.4 Å². The summed E-state index contributed by atoms with van der Waals surface area (Å²) in [6, 6.07) is 2.31. The monoisotopic (exact) mass is 355 g/mol. The molecule has 88 valence electrons. The summed E-state index contributed by atoms with van der Waals surface area (Å²) in [7, 11) is 0. The van der Waals surface area contributed by atoms with E-state index < -0.39 is 0 Å². The molecule has 2 nitrogen and oxygen atoms in total. The first-order valence-corrected chi connectivity index (χ1v) is 7.35. The van der Waals surface area contributed by atoms with E-state index in [9.17, 15) is 0 Å². The highest BCUT2D eigenvalue weighted by molar-refractivity contribution is 9.13. The smallest absolute Gasteiger partial charge is 0.138 e. The van der Waals surface area contributed by atoms with Gasteiger partial charge < -0.3 is 4.74 Å². The largest absolute Gasteiger partial charge is 0.492 e. The number of rotatable bonds is 1. The fourth-order valence-electron chi connectivity index (χ4n) is 2.96. The van der Waals surface area contributed by atoms with Crippen molar-refractivity contribution in [3.05, 3.63) is 25.6 Å². The lowest BCUT2D eigenvalue weighted by atomic mass is 9.92. The Morgan fingerprint density at radius 3 is 2.82 bits per heavy atom. The van der Waals surface area contributed by atoms with Crippen molar-refractivity contribution < 1.29 is 4.74 Å². The van der Waals surface area contributed by atoms with Crippen LogP contribution < -0.4 is 4.74 Å². The summed E-state index contributed by atoms with van der Waals surface area (Å²) in [5.41, 5.74) is 4.09. The van der Waals surface area contributed by atoms with Crippen LogP contribution >= 0.6 is 31.9 Å². The fraction of sp³-hybridized carbons (Fsp3) is 0.462. The molecule has 17 heavy (non-hydrogen) atoms. The van der Waals surface area contributed by atoms with Gasteiger partial charge in [-0.25, -0.2) is 0 Å². The Labute approximate surface area is 117 Å². The summed E-state index contributed by atoms with van der Waals surface area (Å²) < 4.78 is 7.86. The van der Waals surface area contributed by atoms with Gasteiger partial charge >= 0.3 is 0 Å². The molecule has 1 heterocycles. The summed E-state index contributed by atoms with van der Waals surface area (Å²) in [4.78, 5) is 0. The number of hydrogen-bond acceptors (Lipinski definition) is 2. The van der Waals surface area contributed by atoms with Gasteiger partial charge in [-0.2, -0.15) is 5.26 Å². The number of halogens is 2. The number of hydrogen-bond donors (Lipinski definition) is 0. The van der Waals surface area contributed by atoms with Gasteiger partial charge in [-0.15, -0.1) is 0 Å². The van der Waals surface area contributed by atoms with Crippen molar-refractivity contribution in [2.75, 3.05) is 6.61 Å². The molecular weight excluding hydrogens is 346 g/mol. The van der Waals surface area contributed by atoms with Gasteiger partial charge in [0.1, 0.15) is 5.75 Å². The van der Waals surface area contributed by atoms with Crippen LogP contribution in [0.3, 0.4) is 0 Å². The molecule has 0 fully saturated rings. The third-order valence-corrected chi connectivity index (χ3v) is 5.83. The lowest BCUT2D eigenvalue weighted by Gasteiger charge is -2.15. The van der Waals surface area contributed by atoms with Gasteiger partial charge in [-0.1, -0.05) is 0 Å². The van der Waals surface area contributed by atoms with E-state index in [0.29, 0.717) is 12.3 Å². The van der Waals surface area contributed by atoms with E-state index in [1.807, 2.05) is 0 Å². The van der Waals surface area contributed by atoms with E-state index in [0.717, 1.165) is 40.6 Å². The van der Waals surface area contributed by atoms with Gasteiger partial charge in [0.25, 0.3) is 0 Å². The zero-order valence-electron chi connectivity index (χ0n) is 9.22. The average molecular weight is 357 g/mol. The molecule has 2 aliphatic rings. The van der Waals surface area contributed by atoms with Gasteiger partial charge in [0.15, 0.2) is 0 Å². The van der Waals surface area contributed by atoms with Crippen LogP contribution in [0.4, 0.5) is 0 Å². The molecule has 0 spiro atoms. The Morgan fingerprint density at radius 2 is 2.06 bits per heavy atom. The fourth-order valence-corrected chi connectivity index (χ4v) is 4.14. The normalized spacial score (nSPS) is 20.6. The first-order valence-electron chi connectivity index (χ1n) is 5.76. The minimum absolute atomic E-state index is 0.398. The zero-order chi connectivity index (χ0) is 12.0. The molecule has 1 unspecified atom stereocenters. The lowest BCUT2D eigenvalue weighted by molar-refractivity contribution is 0.354. The molecule has 1 aromatic carbocycles. The van der Waals surface area contributed by atoms with Crippen LogP contribution in [0, 0.1) is 11.3 Å². The molecule has 3 rings (SSSR count). The summed E-state index contributed by atoms with van der Waals surface area (Å²) in [6.07, 6.45) is 3.75. The molecule has 1 aliphatic carbocycles. The highest BCUT2D eigenvalue weighted by atomic mass is 79.9. The van der Waals surface area contributed by atoms with Crippen LogP contribution in [-0.2, 0) is 12.8 Å². The van der Waals surface area contributed by atoms with Gasteiger partial charge in [-0.3, -0.25) is 0 Å². The van der Waals surface area contributed by atoms with Crippen molar-refractivity contribution in [3.8, 4) is 11.8 Å². The SMILES string of the molecule is N#CCC1CCc2c(Br)c(Br)c3c(c21)CCO3.